The molecule has 1 aromatic rings. The van der Waals surface area contributed by atoms with Crippen molar-refractivity contribution in [2.24, 2.45) is 0 Å². The topological polar surface area (TPSA) is 15.7 Å². The van der Waals surface area contributed by atoms with Gasteiger partial charge in [-0.25, -0.2) is 0 Å². The zero-order valence-corrected chi connectivity index (χ0v) is 11.9. The largest absolute Gasteiger partial charge is 0.491 e. The molecular formula is C15H24N2O. The van der Waals surface area contributed by atoms with Crippen LogP contribution < -0.4 is 9.64 Å². The number of likely N-dealkylation sites (N-methyl/N-ethyl adjacent to an activating group) is 1. The van der Waals surface area contributed by atoms with Crippen LogP contribution in [0.5, 0.6) is 5.75 Å². The number of anilines is 1. The van der Waals surface area contributed by atoms with E-state index in [0.717, 1.165) is 31.9 Å². The second-order valence-electron chi connectivity index (χ2n) is 5.41. The summed E-state index contributed by atoms with van der Waals surface area (Å²) in [6.07, 6.45) is 0.230. The molecule has 1 heterocycles. The minimum atomic E-state index is 0.230. The molecule has 0 saturated carbocycles. The normalized spacial score (nSPS) is 17.3. The summed E-state index contributed by atoms with van der Waals surface area (Å²) in [4.78, 5) is 4.84. The molecule has 2 rings (SSSR count). The molecule has 0 aliphatic carbocycles. The number of nitrogens with zero attached hydrogens (tertiary/aromatic N) is 2. The first-order valence-corrected chi connectivity index (χ1v) is 6.77. The van der Waals surface area contributed by atoms with Gasteiger partial charge >= 0.3 is 0 Å². The molecule has 3 heteroatoms. The lowest BCUT2D eigenvalue weighted by molar-refractivity contribution is 0.242. The lowest BCUT2D eigenvalue weighted by atomic mass is 10.1. The summed E-state index contributed by atoms with van der Waals surface area (Å²) >= 11 is 0. The summed E-state index contributed by atoms with van der Waals surface area (Å²) in [7, 11) is 2.18. The molecule has 1 saturated heterocycles. The van der Waals surface area contributed by atoms with E-state index < -0.39 is 0 Å². The maximum Gasteiger partial charge on any atom is 0.121 e. The molecule has 0 atom stereocenters. The molecule has 1 aliphatic heterocycles. The van der Waals surface area contributed by atoms with Gasteiger partial charge in [-0.3, -0.25) is 0 Å². The second-order valence-corrected chi connectivity index (χ2v) is 5.41. The van der Waals surface area contributed by atoms with Crippen LogP contribution in [-0.4, -0.2) is 44.2 Å². The van der Waals surface area contributed by atoms with Gasteiger partial charge < -0.3 is 14.5 Å². The summed E-state index contributed by atoms with van der Waals surface area (Å²) in [6.45, 7) is 10.8. The van der Waals surface area contributed by atoms with Crippen molar-refractivity contribution in [3.63, 3.8) is 0 Å². The number of benzene rings is 1. The van der Waals surface area contributed by atoms with Crippen LogP contribution in [0.15, 0.2) is 18.2 Å². The van der Waals surface area contributed by atoms with E-state index >= 15 is 0 Å². The fourth-order valence-electron chi connectivity index (χ4n) is 2.32. The Morgan fingerprint density at radius 2 is 1.78 bits per heavy atom. The zero-order chi connectivity index (χ0) is 13.1. The quantitative estimate of drug-likeness (QED) is 0.817. The SMILES string of the molecule is Cc1ccc(OC(C)C)cc1N1CCN(C)CC1. The fourth-order valence-corrected chi connectivity index (χ4v) is 2.32. The number of piperazine rings is 1. The minimum Gasteiger partial charge on any atom is -0.491 e. The minimum absolute atomic E-state index is 0.230. The van der Waals surface area contributed by atoms with Crippen LogP contribution >= 0.6 is 0 Å². The highest BCUT2D eigenvalue weighted by Crippen LogP contribution is 2.27. The van der Waals surface area contributed by atoms with Gasteiger partial charge in [0.25, 0.3) is 0 Å². The Morgan fingerprint density at radius 1 is 1.11 bits per heavy atom. The molecule has 0 aromatic heterocycles. The molecule has 1 fully saturated rings. The molecule has 0 bridgehead atoms. The Kier molecular flexibility index (Phi) is 4.12. The van der Waals surface area contributed by atoms with Crippen LogP contribution in [0.3, 0.4) is 0 Å². The Morgan fingerprint density at radius 3 is 2.39 bits per heavy atom. The van der Waals surface area contributed by atoms with Crippen molar-refractivity contribution in [1.29, 1.82) is 0 Å². The van der Waals surface area contributed by atoms with Crippen molar-refractivity contribution >= 4 is 5.69 Å². The van der Waals surface area contributed by atoms with Crippen molar-refractivity contribution in [3.8, 4) is 5.75 Å². The first-order chi connectivity index (χ1) is 8.56. The molecule has 1 aliphatic rings. The lowest BCUT2D eigenvalue weighted by Gasteiger charge is -2.35. The third-order valence-electron chi connectivity index (χ3n) is 3.40. The molecule has 3 nitrogen and oxygen atoms in total. The van der Waals surface area contributed by atoms with Gasteiger partial charge in [-0.2, -0.15) is 0 Å². The van der Waals surface area contributed by atoms with E-state index in [1.807, 2.05) is 0 Å². The van der Waals surface area contributed by atoms with E-state index in [4.69, 9.17) is 4.74 Å². The fraction of sp³-hybridized carbons (Fsp3) is 0.600. The van der Waals surface area contributed by atoms with Crippen LogP contribution in [0.1, 0.15) is 19.4 Å². The predicted molar refractivity (Wildman–Crippen MR) is 76.7 cm³/mol. The monoisotopic (exact) mass is 248 g/mol. The molecule has 0 radical (unpaired) electrons. The molecular weight excluding hydrogens is 224 g/mol. The number of hydrogen-bond acceptors (Lipinski definition) is 3. The first-order valence-electron chi connectivity index (χ1n) is 6.77. The van der Waals surface area contributed by atoms with E-state index in [0.29, 0.717) is 0 Å². The van der Waals surface area contributed by atoms with E-state index in [9.17, 15) is 0 Å². The standard InChI is InChI=1S/C15H24N2O/c1-12(2)18-14-6-5-13(3)15(11-14)17-9-7-16(4)8-10-17/h5-6,11-12H,7-10H2,1-4H3. The van der Waals surface area contributed by atoms with Crippen molar-refractivity contribution in [2.75, 3.05) is 38.1 Å². The predicted octanol–water partition coefficient (Wildman–Crippen LogP) is 2.53. The van der Waals surface area contributed by atoms with Crippen LogP contribution in [-0.2, 0) is 0 Å². The molecule has 0 N–H and O–H groups in total. The third-order valence-corrected chi connectivity index (χ3v) is 3.40. The zero-order valence-electron chi connectivity index (χ0n) is 11.9. The highest BCUT2D eigenvalue weighted by atomic mass is 16.5. The van der Waals surface area contributed by atoms with Crippen molar-refractivity contribution in [3.05, 3.63) is 23.8 Å². The summed E-state index contributed by atoms with van der Waals surface area (Å²) in [5.74, 6) is 0.976. The third kappa shape index (κ3) is 3.16. The maximum absolute atomic E-state index is 5.78. The van der Waals surface area contributed by atoms with E-state index in [1.54, 1.807) is 0 Å². The highest BCUT2D eigenvalue weighted by molar-refractivity contribution is 5.57. The lowest BCUT2D eigenvalue weighted by Crippen LogP contribution is -2.44. The Hall–Kier alpha value is -1.22. The summed E-state index contributed by atoms with van der Waals surface area (Å²) in [5, 5.41) is 0. The average Bonchev–Trinajstić information content (AvgIpc) is 2.32. The summed E-state index contributed by atoms with van der Waals surface area (Å²) in [6, 6.07) is 6.40. The average molecular weight is 248 g/mol. The summed E-state index contributed by atoms with van der Waals surface area (Å²) in [5.41, 5.74) is 2.65. The molecule has 0 amide bonds. The molecule has 18 heavy (non-hydrogen) atoms. The van der Waals surface area contributed by atoms with Crippen LogP contribution in [0.4, 0.5) is 5.69 Å². The Labute approximate surface area is 110 Å². The van der Waals surface area contributed by atoms with Gasteiger partial charge in [-0.05, 0) is 39.4 Å². The highest BCUT2D eigenvalue weighted by Gasteiger charge is 2.16. The molecule has 100 valence electrons. The van der Waals surface area contributed by atoms with Gasteiger partial charge in [0.1, 0.15) is 5.75 Å². The second kappa shape index (κ2) is 5.61. The van der Waals surface area contributed by atoms with Gasteiger partial charge in [0.2, 0.25) is 0 Å². The summed E-state index contributed by atoms with van der Waals surface area (Å²) < 4.78 is 5.78. The number of hydrogen-bond donors (Lipinski definition) is 0. The number of aryl methyl sites for hydroxylation is 1. The van der Waals surface area contributed by atoms with E-state index in [1.165, 1.54) is 11.3 Å². The number of ether oxygens (including phenoxy) is 1. The van der Waals surface area contributed by atoms with Crippen molar-refractivity contribution < 1.29 is 4.74 Å². The Bertz CT molecular complexity index is 395. The smallest absolute Gasteiger partial charge is 0.121 e. The van der Waals surface area contributed by atoms with Crippen molar-refractivity contribution in [2.45, 2.75) is 26.9 Å². The van der Waals surface area contributed by atoms with E-state index in [-0.39, 0.29) is 6.10 Å². The van der Waals surface area contributed by atoms with Gasteiger partial charge in [0.15, 0.2) is 0 Å². The maximum atomic E-state index is 5.78. The number of rotatable bonds is 3. The van der Waals surface area contributed by atoms with Gasteiger partial charge in [0.05, 0.1) is 6.10 Å². The molecule has 0 unspecified atom stereocenters. The Balaban J connectivity index is 2.15. The van der Waals surface area contributed by atoms with Crippen LogP contribution in [0, 0.1) is 6.92 Å². The first kappa shape index (κ1) is 13.2. The van der Waals surface area contributed by atoms with Gasteiger partial charge in [0, 0.05) is 37.9 Å². The van der Waals surface area contributed by atoms with Crippen LogP contribution in [0.25, 0.3) is 0 Å². The van der Waals surface area contributed by atoms with Gasteiger partial charge in [-0.15, -0.1) is 0 Å². The van der Waals surface area contributed by atoms with Crippen LogP contribution in [0.2, 0.25) is 0 Å². The van der Waals surface area contributed by atoms with E-state index in [2.05, 4.69) is 55.8 Å². The van der Waals surface area contributed by atoms with Gasteiger partial charge in [-0.1, -0.05) is 6.07 Å². The molecule has 1 aromatic carbocycles. The van der Waals surface area contributed by atoms with Crippen molar-refractivity contribution in [1.82, 2.24) is 4.90 Å². The molecule has 0 spiro atoms.